The maximum Gasteiger partial charge on any atom is 0.272 e. The van der Waals surface area contributed by atoms with Crippen molar-refractivity contribution in [3.63, 3.8) is 0 Å². The zero-order valence-electron chi connectivity index (χ0n) is 14.0. The zero-order valence-corrected chi connectivity index (χ0v) is 14.0. The molecule has 23 heavy (non-hydrogen) atoms. The van der Waals surface area contributed by atoms with Gasteiger partial charge in [-0.25, -0.2) is 9.97 Å². The molecule has 1 aromatic carbocycles. The molecule has 0 aliphatic rings. The van der Waals surface area contributed by atoms with Gasteiger partial charge in [-0.2, -0.15) is 0 Å². The lowest BCUT2D eigenvalue weighted by Crippen LogP contribution is -2.28. The Bertz CT molecular complexity index is 657. The molecule has 0 atom stereocenters. The number of hydrogen-bond donors (Lipinski definition) is 1. The van der Waals surface area contributed by atoms with Crippen molar-refractivity contribution in [2.24, 2.45) is 0 Å². The van der Waals surface area contributed by atoms with Gasteiger partial charge in [0.1, 0.15) is 17.8 Å². The smallest absolute Gasteiger partial charge is 0.272 e. The summed E-state index contributed by atoms with van der Waals surface area (Å²) in [7, 11) is 1.81. The van der Waals surface area contributed by atoms with E-state index in [1.807, 2.05) is 6.07 Å². The minimum Gasteiger partial charge on any atom is -0.366 e. The molecule has 5 heteroatoms. The van der Waals surface area contributed by atoms with Crippen LogP contribution >= 0.6 is 0 Å². The predicted octanol–water partition coefficient (Wildman–Crippen LogP) is 3.27. The van der Waals surface area contributed by atoms with Crippen LogP contribution in [0.2, 0.25) is 0 Å². The molecule has 0 fully saturated rings. The Morgan fingerprint density at radius 3 is 2.83 bits per heavy atom. The van der Waals surface area contributed by atoms with Crippen molar-refractivity contribution in [3.05, 3.63) is 53.5 Å². The molecule has 5 nitrogen and oxygen atoms in total. The molecule has 1 aromatic heterocycles. The number of carbonyl (C=O) groups is 1. The third kappa shape index (κ3) is 5.06. The van der Waals surface area contributed by atoms with E-state index in [0.29, 0.717) is 18.1 Å². The Hall–Kier alpha value is -2.43. The molecular weight excluding hydrogens is 288 g/mol. The molecular formula is C18H24N4O. The average molecular weight is 312 g/mol. The molecule has 0 spiro atoms. The summed E-state index contributed by atoms with van der Waals surface area (Å²) < 4.78 is 0. The van der Waals surface area contributed by atoms with Crippen LogP contribution in [0, 0.1) is 6.92 Å². The fraction of sp³-hybridized carbons (Fsp3) is 0.389. The van der Waals surface area contributed by atoms with Crippen molar-refractivity contribution in [2.75, 3.05) is 18.9 Å². The number of unbranched alkanes of at least 4 members (excludes halogenated alkanes) is 1. The van der Waals surface area contributed by atoms with Crippen molar-refractivity contribution in [3.8, 4) is 0 Å². The van der Waals surface area contributed by atoms with E-state index in [2.05, 4.69) is 47.3 Å². The quantitative estimate of drug-likeness (QED) is 0.852. The number of benzene rings is 1. The van der Waals surface area contributed by atoms with Gasteiger partial charge in [-0.05, 0) is 18.9 Å². The standard InChI is InChI=1S/C18H24N4O/c1-4-5-9-22(3)18(23)16-11-17(21-13-20-16)19-12-15-8-6-7-14(2)10-15/h6-8,10-11,13H,4-5,9,12H2,1-3H3,(H,19,20,21). The first-order chi connectivity index (χ1) is 11.1. The normalized spacial score (nSPS) is 10.4. The minimum atomic E-state index is -0.0699. The van der Waals surface area contributed by atoms with E-state index in [1.165, 1.54) is 17.5 Å². The van der Waals surface area contributed by atoms with E-state index in [4.69, 9.17) is 0 Å². The molecule has 0 aliphatic heterocycles. The van der Waals surface area contributed by atoms with Gasteiger partial charge in [0.05, 0.1) is 0 Å². The first-order valence-corrected chi connectivity index (χ1v) is 7.97. The van der Waals surface area contributed by atoms with Gasteiger partial charge in [0.2, 0.25) is 0 Å². The summed E-state index contributed by atoms with van der Waals surface area (Å²) in [6.07, 6.45) is 3.48. The SMILES string of the molecule is CCCCN(C)C(=O)c1cc(NCc2cccc(C)c2)ncn1. The first kappa shape index (κ1) is 16.9. The lowest BCUT2D eigenvalue weighted by molar-refractivity contribution is 0.0787. The fourth-order valence-electron chi connectivity index (χ4n) is 2.28. The second-order valence-corrected chi connectivity index (χ2v) is 5.71. The molecule has 0 saturated carbocycles. The van der Waals surface area contributed by atoms with E-state index in [1.54, 1.807) is 18.0 Å². The second kappa shape index (κ2) is 8.27. The highest BCUT2D eigenvalue weighted by Crippen LogP contribution is 2.10. The highest BCUT2D eigenvalue weighted by atomic mass is 16.2. The monoisotopic (exact) mass is 312 g/mol. The van der Waals surface area contributed by atoms with E-state index in [-0.39, 0.29) is 5.91 Å². The highest BCUT2D eigenvalue weighted by Gasteiger charge is 2.13. The maximum absolute atomic E-state index is 12.3. The Balaban J connectivity index is 2.00. The summed E-state index contributed by atoms with van der Waals surface area (Å²) in [4.78, 5) is 22.3. The van der Waals surface area contributed by atoms with Crippen molar-refractivity contribution in [2.45, 2.75) is 33.2 Å². The molecule has 1 N–H and O–H groups in total. The third-order valence-electron chi connectivity index (χ3n) is 3.64. The first-order valence-electron chi connectivity index (χ1n) is 7.97. The van der Waals surface area contributed by atoms with Gasteiger partial charge >= 0.3 is 0 Å². The van der Waals surface area contributed by atoms with Crippen LogP contribution in [0.1, 0.15) is 41.4 Å². The van der Waals surface area contributed by atoms with Gasteiger partial charge in [-0.3, -0.25) is 4.79 Å². The average Bonchev–Trinajstić information content (AvgIpc) is 2.57. The second-order valence-electron chi connectivity index (χ2n) is 5.71. The number of aryl methyl sites for hydroxylation is 1. The van der Waals surface area contributed by atoms with Gasteiger partial charge in [-0.1, -0.05) is 43.2 Å². The van der Waals surface area contributed by atoms with Crippen molar-refractivity contribution < 1.29 is 4.79 Å². The van der Waals surface area contributed by atoms with E-state index < -0.39 is 0 Å². The number of carbonyl (C=O) groups excluding carboxylic acids is 1. The molecule has 0 saturated heterocycles. The van der Waals surface area contributed by atoms with E-state index >= 15 is 0 Å². The van der Waals surface area contributed by atoms with Gasteiger partial charge in [0.15, 0.2) is 0 Å². The molecule has 122 valence electrons. The van der Waals surface area contributed by atoms with Crippen LogP contribution < -0.4 is 5.32 Å². The molecule has 1 heterocycles. The molecule has 0 bridgehead atoms. The van der Waals surface area contributed by atoms with Gasteiger partial charge in [-0.15, -0.1) is 0 Å². The Labute approximate surface area is 137 Å². The third-order valence-corrected chi connectivity index (χ3v) is 3.64. The van der Waals surface area contributed by atoms with Crippen LogP contribution in [0.25, 0.3) is 0 Å². The van der Waals surface area contributed by atoms with Gasteiger partial charge in [0.25, 0.3) is 5.91 Å². The highest BCUT2D eigenvalue weighted by molar-refractivity contribution is 5.92. The molecule has 0 aliphatic carbocycles. The summed E-state index contributed by atoms with van der Waals surface area (Å²) in [5.41, 5.74) is 2.82. The van der Waals surface area contributed by atoms with Crippen LogP contribution in [0.4, 0.5) is 5.82 Å². The van der Waals surface area contributed by atoms with E-state index in [9.17, 15) is 4.79 Å². The Morgan fingerprint density at radius 1 is 1.26 bits per heavy atom. The van der Waals surface area contributed by atoms with Crippen LogP contribution in [0.15, 0.2) is 36.7 Å². The van der Waals surface area contributed by atoms with E-state index in [0.717, 1.165) is 19.4 Å². The molecule has 2 rings (SSSR count). The number of anilines is 1. The lowest BCUT2D eigenvalue weighted by atomic mass is 10.1. The fourth-order valence-corrected chi connectivity index (χ4v) is 2.28. The molecule has 0 unspecified atom stereocenters. The number of nitrogens with one attached hydrogen (secondary N) is 1. The van der Waals surface area contributed by atoms with Crippen LogP contribution in [-0.2, 0) is 6.54 Å². The van der Waals surface area contributed by atoms with Crippen molar-refractivity contribution in [1.82, 2.24) is 14.9 Å². The van der Waals surface area contributed by atoms with Crippen LogP contribution in [0.3, 0.4) is 0 Å². The number of rotatable bonds is 7. The molecule has 0 radical (unpaired) electrons. The predicted molar refractivity (Wildman–Crippen MR) is 92.4 cm³/mol. The lowest BCUT2D eigenvalue weighted by Gasteiger charge is -2.16. The topological polar surface area (TPSA) is 58.1 Å². The summed E-state index contributed by atoms with van der Waals surface area (Å²) in [6.45, 7) is 5.58. The number of nitrogens with zero attached hydrogens (tertiary/aromatic N) is 3. The Morgan fingerprint density at radius 2 is 2.09 bits per heavy atom. The van der Waals surface area contributed by atoms with Crippen LogP contribution in [-0.4, -0.2) is 34.4 Å². The molecule has 1 amide bonds. The number of hydrogen-bond acceptors (Lipinski definition) is 4. The summed E-state index contributed by atoms with van der Waals surface area (Å²) >= 11 is 0. The Kier molecular flexibility index (Phi) is 6.09. The van der Waals surface area contributed by atoms with Crippen molar-refractivity contribution in [1.29, 1.82) is 0 Å². The van der Waals surface area contributed by atoms with Gasteiger partial charge < -0.3 is 10.2 Å². The van der Waals surface area contributed by atoms with Crippen LogP contribution in [0.5, 0.6) is 0 Å². The minimum absolute atomic E-state index is 0.0699. The molecule has 2 aromatic rings. The summed E-state index contributed by atoms with van der Waals surface area (Å²) in [5.74, 6) is 0.591. The van der Waals surface area contributed by atoms with Gasteiger partial charge in [0, 0.05) is 26.2 Å². The number of amides is 1. The maximum atomic E-state index is 12.3. The zero-order chi connectivity index (χ0) is 16.7. The van der Waals surface area contributed by atoms with Crippen molar-refractivity contribution >= 4 is 11.7 Å². The largest absolute Gasteiger partial charge is 0.366 e. The summed E-state index contributed by atoms with van der Waals surface area (Å²) in [6, 6.07) is 9.99. The number of aromatic nitrogens is 2. The summed E-state index contributed by atoms with van der Waals surface area (Å²) in [5, 5.41) is 3.24.